The Bertz CT molecular complexity index is 1110. The van der Waals surface area contributed by atoms with E-state index in [1.54, 1.807) is 16.0 Å². The van der Waals surface area contributed by atoms with Gasteiger partial charge in [0, 0.05) is 5.56 Å². The number of fused-ring (bicyclic) bond motifs is 1. The predicted molar refractivity (Wildman–Crippen MR) is 111 cm³/mol. The molecule has 0 aliphatic heterocycles. The van der Waals surface area contributed by atoms with E-state index in [-0.39, 0.29) is 6.04 Å². The first-order valence-corrected chi connectivity index (χ1v) is 9.95. The van der Waals surface area contributed by atoms with E-state index in [4.69, 9.17) is 21.6 Å². The van der Waals surface area contributed by atoms with Gasteiger partial charge in [0.05, 0.1) is 22.9 Å². The summed E-state index contributed by atoms with van der Waals surface area (Å²) in [5, 5.41) is 5.66. The van der Waals surface area contributed by atoms with Crippen molar-refractivity contribution >= 4 is 33.8 Å². The van der Waals surface area contributed by atoms with Crippen LogP contribution in [0.2, 0.25) is 0 Å². The lowest BCUT2D eigenvalue weighted by Gasteiger charge is -2.22. The number of nitrogens with zero attached hydrogens (tertiary/aromatic N) is 4. The third kappa shape index (κ3) is 3.58. The molecule has 2 heterocycles. The Kier molecular flexibility index (Phi) is 4.90. The van der Waals surface area contributed by atoms with Crippen LogP contribution in [-0.2, 0) is 6.67 Å². The molecule has 0 radical (unpaired) electrons. The summed E-state index contributed by atoms with van der Waals surface area (Å²) < 4.78 is 8.67. The summed E-state index contributed by atoms with van der Waals surface area (Å²) in [6.45, 7) is 4.71. The second-order valence-corrected chi connectivity index (χ2v) is 7.99. The number of benzene rings is 2. The van der Waals surface area contributed by atoms with Crippen molar-refractivity contribution in [2.45, 2.75) is 26.6 Å². The first-order valence-electron chi connectivity index (χ1n) is 8.72. The molecular formula is C20H20N4OS2. The maximum atomic E-state index is 5.74. The summed E-state index contributed by atoms with van der Waals surface area (Å²) in [4.78, 5) is 7.30. The number of para-hydroxylation sites is 1. The predicted octanol–water partition coefficient (Wildman–Crippen LogP) is 5.44. The van der Waals surface area contributed by atoms with Gasteiger partial charge in [0.2, 0.25) is 5.89 Å². The zero-order valence-corrected chi connectivity index (χ0v) is 17.0. The van der Waals surface area contributed by atoms with E-state index < -0.39 is 0 Å². The Labute approximate surface area is 166 Å². The third-order valence-corrected chi connectivity index (χ3v) is 6.17. The van der Waals surface area contributed by atoms with Crippen LogP contribution < -0.4 is 0 Å². The fraction of sp³-hybridized carbons (Fsp3) is 0.250. The molecule has 5 nitrogen and oxygen atoms in total. The first kappa shape index (κ1) is 18.0. The molecule has 0 amide bonds. The molecule has 0 aliphatic carbocycles. The molecule has 2 aromatic carbocycles. The second-order valence-electron chi connectivity index (χ2n) is 6.58. The van der Waals surface area contributed by atoms with Crippen LogP contribution in [0, 0.1) is 11.8 Å². The van der Waals surface area contributed by atoms with Gasteiger partial charge in [-0.25, -0.2) is 9.67 Å². The van der Waals surface area contributed by atoms with Crippen LogP contribution in [0.15, 0.2) is 52.9 Å². The molecule has 4 aromatic rings. The van der Waals surface area contributed by atoms with E-state index in [0.29, 0.717) is 17.4 Å². The standard InChI is InChI=1S/C20H20N4OS2/c1-13-8-4-5-9-15(13)18-22-24(20(26)25-18)12-23(3)14(2)19-21-16-10-6-7-11-17(16)27-19/h4-11,14H,12H2,1-3H3/t14-/m0/s1. The molecule has 0 aliphatic rings. The smallest absolute Gasteiger partial charge is 0.288 e. The van der Waals surface area contributed by atoms with Crippen molar-refractivity contribution in [3.63, 3.8) is 0 Å². The van der Waals surface area contributed by atoms with Gasteiger partial charge >= 0.3 is 0 Å². The molecule has 2 aromatic heterocycles. The highest BCUT2D eigenvalue weighted by Gasteiger charge is 2.18. The van der Waals surface area contributed by atoms with Gasteiger partial charge in [-0.2, -0.15) is 0 Å². The quantitative estimate of drug-likeness (QED) is 0.420. The summed E-state index contributed by atoms with van der Waals surface area (Å²) in [5.41, 5.74) is 3.11. The molecule has 0 bridgehead atoms. The molecule has 7 heteroatoms. The van der Waals surface area contributed by atoms with Gasteiger partial charge in [-0.15, -0.1) is 16.4 Å². The van der Waals surface area contributed by atoms with Crippen molar-refractivity contribution in [2.24, 2.45) is 0 Å². The van der Waals surface area contributed by atoms with Crippen molar-refractivity contribution in [3.8, 4) is 11.5 Å². The average Bonchev–Trinajstić information content (AvgIpc) is 3.25. The SMILES string of the molecule is Cc1ccccc1-c1nn(CN(C)[C@@H](C)c2nc3ccccc3s2)c(=S)o1. The summed E-state index contributed by atoms with van der Waals surface area (Å²) in [7, 11) is 2.04. The molecule has 0 saturated heterocycles. The minimum atomic E-state index is 0.142. The van der Waals surface area contributed by atoms with Gasteiger partial charge in [-0.05, 0) is 56.9 Å². The molecule has 0 unspecified atom stereocenters. The van der Waals surface area contributed by atoms with Crippen LogP contribution in [0.3, 0.4) is 0 Å². The number of aryl methyl sites for hydroxylation is 1. The molecule has 0 fully saturated rings. The molecule has 1 atom stereocenters. The highest BCUT2D eigenvalue weighted by atomic mass is 32.1. The Hall–Kier alpha value is -2.35. The summed E-state index contributed by atoms with van der Waals surface area (Å²) >= 11 is 7.10. The van der Waals surface area contributed by atoms with Gasteiger partial charge in [0.15, 0.2) is 0 Å². The van der Waals surface area contributed by atoms with Crippen LogP contribution in [0.25, 0.3) is 21.7 Å². The molecule has 0 spiro atoms. The van der Waals surface area contributed by atoms with E-state index in [0.717, 1.165) is 21.7 Å². The van der Waals surface area contributed by atoms with Crippen LogP contribution in [0.1, 0.15) is 23.5 Å². The van der Waals surface area contributed by atoms with Gasteiger partial charge in [-0.1, -0.05) is 30.3 Å². The Morgan fingerprint density at radius 2 is 1.93 bits per heavy atom. The second kappa shape index (κ2) is 7.34. The number of thiazole rings is 1. The lowest BCUT2D eigenvalue weighted by atomic mass is 10.1. The summed E-state index contributed by atoms with van der Waals surface area (Å²) in [6.07, 6.45) is 0. The highest BCUT2D eigenvalue weighted by molar-refractivity contribution is 7.71. The Morgan fingerprint density at radius 1 is 1.19 bits per heavy atom. The molecule has 4 rings (SSSR count). The Balaban J connectivity index is 1.56. The lowest BCUT2D eigenvalue weighted by molar-refractivity contribution is 0.192. The van der Waals surface area contributed by atoms with Crippen molar-refractivity contribution in [1.29, 1.82) is 0 Å². The average molecular weight is 397 g/mol. The zero-order valence-electron chi connectivity index (χ0n) is 15.4. The van der Waals surface area contributed by atoms with Crippen molar-refractivity contribution in [3.05, 3.63) is 63.9 Å². The van der Waals surface area contributed by atoms with Gasteiger partial charge in [0.25, 0.3) is 4.84 Å². The van der Waals surface area contributed by atoms with Crippen LogP contribution in [-0.4, -0.2) is 26.7 Å². The monoisotopic (exact) mass is 396 g/mol. The molecule has 138 valence electrons. The number of hydrogen-bond donors (Lipinski definition) is 0. The number of aromatic nitrogens is 3. The normalized spacial score (nSPS) is 12.7. The van der Waals surface area contributed by atoms with Crippen molar-refractivity contribution in [1.82, 2.24) is 19.7 Å². The van der Waals surface area contributed by atoms with E-state index in [9.17, 15) is 0 Å². The minimum Gasteiger partial charge on any atom is -0.409 e. The topological polar surface area (TPSA) is 47.1 Å². The third-order valence-electron chi connectivity index (χ3n) is 4.67. The van der Waals surface area contributed by atoms with E-state index in [1.807, 2.05) is 56.4 Å². The Morgan fingerprint density at radius 3 is 2.70 bits per heavy atom. The minimum absolute atomic E-state index is 0.142. The van der Waals surface area contributed by atoms with Crippen LogP contribution in [0.4, 0.5) is 0 Å². The maximum absolute atomic E-state index is 5.74. The van der Waals surface area contributed by atoms with Crippen molar-refractivity contribution in [2.75, 3.05) is 7.05 Å². The molecule has 27 heavy (non-hydrogen) atoms. The van der Waals surface area contributed by atoms with E-state index in [1.165, 1.54) is 4.70 Å². The van der Waals surface area contributed by atoms with Gasteiger partial charge < -0.3 is 4.42 Å². The summed E-state index contributed by atoms with van der Waals surface area (Å²) in [5.74, 6) is 0.555. The van der Waals surface area contributed by atoms with E-state index >= 15 is 0 Å². The largest absolute Gasteiger partial charge is 0.409 e. The molecule has 0 N–H and O–H groups in total. The number of rotatable bonds is 5. The zero-order chi connectivity index (χ0) is 19.0. The van der Waals surface area contributed by atoms with Crippen LogP contribution in [0.5, 0.6) is 0 Å². The van der Waals surface area contributed by atoms with Gasteiger partial charge in [0.1, 0.15) is 5.01 Å². The van der Waals surface area contributed by atoms with Crippen LogP contribution >= 0.6 is 23.6 Å². The van der Waals surface area contributed by atoms with Crippen molar-refractivity contribution < 1.29 is 4.42 Å². The molecule has 0 saturated carbocycles. The molecular weight excluding hydrogens is 376 g/mol. The fourth-order valence-corrected chi connectivity index (χ4v) is 4.17. The maximum Gasteiger partial charge on any atom is 0.288 e. The number of hydrogen-bond acceptors (Lipinski definition) is 6. The first-order chi connectivity index (χ1) is 13.0. The van der Waals surface area contributed by atoms with E-state index in [2.05, 4.69) is 23.0 Å². The lowest BCUT2D eigenvalue weighted by Crippen LogP contribution is -2.26. The highest BCUT2D eigenvalue weighted by Crippen LogP contribution is 2.29. The fourth-order valence-electron chi connectivity index (χ4n) is 2.91. The summed E-state index contributed by atoms with van der Waals surface area (Å²) in [6, 6.07) is 16.3. The van der Waals surface area contributed by atoms with Gasteiger partial charge in [-0.3, -0.25) is 4.90 Å².